The van der Waals surface area contributed by atoms with Gasteiger partial charge >= 0.3 is 0 Å². The van der Waals surface area contributed by atoms with Gasteiger partial charge in [-0.3, -0.25) is 9.97 Å². The number of anilines is 1. The van der Waals surface area contributed by atoms with Crippen LogP contribution in [-0.2, 0) is 0 Å². The highest BCUT2D eigenvalue weighted by Crippen LogP contribution is 2.27. The smallest absolute Gasteiger partial charge is 0.0733 e. The van der Waals surface area contributed by atoms with Gasteiger partial charge in [0, 0.05) is 34.5 Å². The van der Waals surface area contributed by atoms with Crippen LogP contribution in [0.5, 0.6) is 0 Å². The standard InChI is InChI=1S/C22H23N3/c1-14-7-6-10-23-22(14)21-9-8-19(11-15(21)2)18(5)25-20-12-16(3)24-17(4)13-20/h6-13H,5H2,1-4H3,(H,24,25). The minimum Gasteiger partial charge on any atom is -0.355 e. The van der Waals surface area contributed by atoms with E-state index in [1.54, 1.807) is 0 Å². The van der Waals surface area contributed by atoms with E-state index in [-0.39, 0.29) is 0 Å². The molecule has 2 aromatic heterocycles. The van der Waals surface area contributed by atoms with Gasteiger partial charge in [-0.15, -0.1) is 0 Å². The minimum atomic E-state index is 0.873. The molecule has 0 aliphatic heterocycles. The Kier molecular flexibility index (Phi) is 4.66. The molecule has 3 nitrogen and oxygen atoms in total. The number of hydrogen-bond acceptors (Lipinski definition) is 3. The quantitative estimate of drug-likeness (QED) is 0.690. The van der Waals surface area contributed by atoms with Crippen molar-refractivity contribution in [2.75, 3.05) is 5.32 Å². The van der Waals surface area contributed by atoms with Crippen LogP contribution in [0.4, 0.5) is 5.69 Å². The molecule has 0 unspecified atom stereocenters. The molecule has 0 spiro atoms. The molecule has 0 fully saturated rings. The minimum absolute atomic E-state index is 0.873. The van der Waals surface area contributed by atoms with Crippen LogP contribution >= 0.6 is 0 Å². The van der Waals surface area contributed by atoms with Gasteiger partial charge in [-0.05, 0) is 68.7 Å². The summed E-state index contributed by atoms with van der Waals surface area (Å²) in [6, 6.07) is 14.5. The molecule has 25 heavy (non-hydrogen) atoms. The molecular formula is C22H23N3. The lowest BCUT2D eigenvalue weighted by molar-refractivity contribution is 1.12. The van der Waals surface area contributed by atoms with Gasteiger partial charge in [-0.25, -0.2) is 0 Å². The van der Waals surface area contributed by atoms with Crippen LogP contribution in [0, 0.1) is 27.7 Å². The lowest BCUT2D eigenvalue weighted by Gasteiger charge is -2.14. The highest BCUT2D eigenvalue weighted by Gasteiger charge is 2.09. The summed E-state index contributed by atoms with van der Waals surface area (Å²) >= 11 is 0. The van der Waals surface area contributed by atoms with E-state index in [4.69, 9.17) is 0 Å². The maximum absolute atomic E-state index is 4.53. The number of pyridine rings is 2. The molecule has 0 radical (unpaired) electrons. The predicted octanol–water partition coefficient (Wildman–Crippen LogP) is 5.46. The van der Waals surface area contributed by atoms with Gasteiger partial charge < -0.3 is 5.32 Å². The average Bonchev–Trinajstić information content (AvgIpc) is 2.54. The normalized spacial score (nSPS) is 10.6. The summed E-state index contributed by atoms with van der Waals surface area (Å²) in [7, 11) is 0. The first-order valence-electron chi connectivity index (χ1n) is 8.38. The number of nitrogens with one attached hydrogen (secondary N) is 1. The lowest BCUT2D eigenvalue weighted by Crippen LogP contribution is -2.00. The van der Waals surface area contributed by atoms with Gasteiger partial charge in [0.05, 0.1) is 5.69 Å². The molecule has 0 bridgehead atoms. The van der Waals surface area contributed by atoms with E-state index in [1.807, 2.05) is 38.2 Å². The van der Waals surface area contributed by atoms with Gasteiger partial charge in [0.15, 0.2) is 0 Å². The van der Waals surface area contributed by atoms with E-state index in [2.05, 4.69) is 60.0 Å². The zero-order valence-electron chi connectivity index (χ0n) is 15.2. The summed E-state index contributed by atoms with van der Waals surface area (Å²) in [6.45, 7) is 12.4. The van der Waals surface area contributed by atoms with Gasteiger partial charge in [0.2, 0.25) is 0 Å². The van der Waals surface area contributed by atoms with Gasteiger partial charge in [-0.2, -0.15) is 0 Å². The van der Waals surface area contributed by atoms with Gasteiger partial charge in [0.25, 0.3) is 0 Å². The first kappa shape index (κ1) is 16.9. The van der Waals surface area contributed by atoms with Crippen LogP contribution < -0.4 is 5.32 Å². The lowest BCUT2D eigenvalue weighted by atomic mass is 9.98. The zero-order valence-corrected chi connectivity index (χ0v) is 15.2. The summed E-state index contributed by atoms with van der Waals surface area (Å²) in [4.78, 5) is 8.93. The topological polar surface area (TPSA) is 37.8 Å². The molecule has 3 rings (SSSR count). The Balaban J connectivity index is 1.87. The fraction of sp³-hybridized carbons (Fsp3) is 0.182. The van der Waals surface area contributed by atoms with Crippen LogP contribution in [0.2, 0.25) is 0 Å². The van der Waals surface area contributed by atoms with Crippen molar-refractivity contribution in [1.82, 2.24) is 9.97 Å². The highest BCUT2D eigenvalue weighted by molar-refractivity contribution is 5.78. The Morgan fingerprint density at radius 2 is 1.64 bits per heavy atom. The van der Waals surface area contributed by atoms with Crippen molar-refractivity contribution < 1.29 is 0 Å². The second-order valence-corrected chi connectivity index (χ2v) is 6.44. The van der Waals surface area contributed by atoms with Crippen LogP contribution in [0.25, 0.3) is 17.0 Å². The summed E-state index contributed by atoms with van der Waals surface area (Å²) in [5.41, 5.74) is 9.50. The third-order valence-electron chi connectivity index (χ3n) is 4.22. The van der Waals surface area contributed by atoms with Crippen molar-refractivity contribution in [2.45, 2.75) is 27.7 Å². The molecule has 0 atom stereocenters. The summed E-state index contributed by atoms with van der Waals surface area (Å²) in [6.07, 6.45) is 1.84. The number of aromatic nitrogens is 2. The Labute approximate surface area is 149 Å². The first-order valence-corrected chi connectivity index (χ1v) is 8.38. The second kappa shape index (κ2) is 6.89. The molecular weight excluding hydrogens is 306 g/mol. The van der Waals surface area contributed by atoms with Crippen molar-refractivity contribution in [3.63, 3.8) is 0 Å². The van der Waals surface area contributed by atoms with E-state index in [0.717, 1.165) is 39.6 Å². The van der Waals surface area contributed by atoms with Gasteiger partial charge in [0.1, 0.15) is 0 Å². The van der Waals surface area contributed by atoms with E-state index in [0.29, 0.717) is 0 Å². The van der Waals surface area contributed by atoms with E-state index in [1.165, 1.54) is 11.1 Å². The largest absolute Gasteiger partial charge is 0.355 e. The Morgan fingerprint density at radius 1 is 0.920 bits per heavy atom. The predicted molar refractivity (Wildman–Crippen MR) is 106 cm³/mol. The Bertz CT molecular complexity index is 922. The Hall–Kier alpha value is -2.94. The fourth-order valence-corrected chi connectivity index (χ4v) is 3.04. The molecule has 1 aromatic carbocycles. The molecule has 3 aromatic rings. The second-order valence-electron chi connectivity index (χ2n) is 6.44. The monoisotopic (exact) mass is 329 g/mol. The molecule has 0 saturated heterocycles. The number of hydrogen-bond donors (Lipinski definition) is 1. The third kappa shape index (κ3) is 3.77. The fourth-order valence-electron chi connectivity index (χ4n) is 3.04. The van der Waals surface area contributed by atoms with Crippen LogP contribution in [0.3, 0.4) is 0 Å². The molecule has 1 N–H and O–H groups in total. The number of benzene rings is 1. The van der Waals surface area contributed by atoms with Crippen LogP contribution in [0.15, 0.2) is 55.2 Å². The van der Waals surface area contributed by atoms with Crippen molar-refractivity contribution >= 4 is 11.4 Å². The van der Waals surface area contributed by atoms with Crippen molar-refractivity contribution in [1.29, 1.82) is 0 Å². The van der Waals surface area contributed by atoms with Crippen molar-refractivity contribution in [3.05, 3.63) is 83.3 Å². The van der Waals surface area contributed by atoms with Crippen molar-refractivity contribution in [2.24, 2.45) is 0 Å². The van der Waals surface area contributed by atoms with Crippen molar-refractivity contribution in [3.8, 4) is 11.3 Å². The average molecular weight is 329 g/mol. The SMILES string of the molecule is C=C(Nc1cc(C)nc(C)c1)c1ccc(-c2ncccc2C)c(C)c1. The zero-order chi connectivity index (χ0) is 18.0. The number of rotatable bonds is 4. The molecule has 0 aliphatic carbocycles. The number of aryl methyl sites for hydroxylation is 4. The number of nitrogens with zero attached hydrogens (tertiary/aromatic N) is 2. The van der Waals surface area contributed by atoms with Crippen LogP contribution in [0.1, 0.15) is 28.1 Å². The van der Waals surface area contributed by atoms with Crippen LogP contribution in [-0.4, -0.2) is 9.97 Å². The highest BCUT2D eigenvalue weighted by atomic mass is 14.9. The van der Waals surface area contributed by atoms with E-state index < -0.39 is 0 Å². The molecule has 3 heteroatoms. The first-order chi connectivity index (χ1) is 11.9. The Morgan fingerprint density at radius 3 is 2.28 bits per heavy atom. The van der Waals surface area contributed by atoms with E-state index >= 15 is 0 Å². The maximum Gasteiger partial charge on any atom is 0.0733 e. The summed E-state index contributed by atoms with van der Waals surface area (Å²) in [5.74, 6) is 0. The summed E-state index contributed by atoms with van der Waals surface area (Å²) in [5, 5.41) is 3.39. The summed E-state index contributed by atoms with van der Waals surface area (Å²) < 4.78 is 0. The molecule has 2 heterocycles. The molecule has 0 aliphatic rings. The maximum atomic E-state index is 4.53. The molecule has 0 amide bonds. The molecule has 126 valence electrons. The molecule has 0 saturated carbocycles. The van der Waals surface area contributed by atoms with Gasteiger partial charge in [-0.1, -0.05) is 24.8 Å². The van der Waals surface area contributed by atoms with E-state index in [9.17, 15) is 0 Å². The third-order valence-corrected chi connectivity index (χ3v) is 4.22.